The number of ether oxygens (including phenoxy) is 2. The molecule has 0 saturated heterocycles. The van der Waals surface area contributed by atoms with Crippen LogP contribution in [0.25, 0.3) is 0 Å². The lowest BCUT2D eigenvalue weighted by Gasteiger charge is -2.39. The van der Waals surface area contributed by atoms with Gasteiger partial charge in [-0.05, 0) is 69.5 Å². The van der Waals surface area contributed by atoms with Crippen LogP contribution in [0, 0.1) is 13.8 Å². The van der Waals surface area contributed by atoms with Crippen LogP contribution in [0.5, 0.6) is 0 Å². The topological polar surface area (TPSA) is 18.5 Å². The van der Waals surface area contributed by atoms with E-state index < -0.39 is 22.4 Å². The van der Waals surface area contributed by atoms with Gasteiger partial charge in [-0.25, -0.2) is 0 Å². The van der Waals surface area contributed by atoms with Crippen LogP contribution in [0.15, 0.2) is 170 Å². The van der Waals surface area contributed by atoms with E-state index in [9.17, 15) is 0 Å². The van der Waals surface area contributed by atoms with Crippen LogP contribution in [0.1, 0.15) is 77.9 Å². The molecule has 0 unspecified atom stereocenters. The highest BCUT2D eigenvalue weighted by atomic mass is 16.5. The Morgan fingerprint density at radius 3 is 0.700 bits per heavy atom. The van der Waals surface area contributed by atoms with Gasteiger partial charge in [0.15, 0.2) is 0 Å². The summed E-state index contributed by atoms with van der Waals surface area (Å²) >= 11 is 0. The third-order valence-electron chi connectivity index (χ3n) is 12.1. The predicted molar refractivity (Wildman–Crippen MR) is 196 cm³/mol. The Bertz CT molecular complexity index is 2160. The Morgan fingerprint density at radius 1 is 0.280 bits per heavy atom. The first-order valence-electron chi connectivity index (χ1n) is 17.6. The summed E-state index contributed by atoms with van der Waals surface area (Å²) in [6.07, 6.45) is 0. The SMILES string of the molecule is Cc1c2c(c(C)c3c1[C@@]1(c4ccccc4)O[C@@]3(c3ccccc3)c3ccccc31)[C@@]1(c3ccccc3)O[C@@]2(c2ccccc2)c2ccccc21. The smallest absolute Gasteiger partial charge is 0.146 e. The highest BCUT2D eigenvalue weighted by Crippen LogP contribution is 2.73. The largest absolute Gasteiger partial charge is 0.340 e. The van der Waals surface area contributed by atoms with Gasteiger partial charge in [0.25, 0.3) is 0 Å². The highest BCUT2D eigenvalue weighted by molar-refractivity contribution is 5.81. The van der Waals surface area contributed by atoms with E-state index in [2.05, 4.69) is 184 Å². The fourth-order valence-corrected chi connectivity index (χ4v) is 10.5. The molecule has 0 N–H and O–H groups in total. The maximum absolute atomic E-state index is 7.91. The molecule has 0 aromatic heterocycles. The minimum absolute atomic E-state index is 0.813. The molecule has 7 aromatic carbocycles. The summed E-state index contributed by atoms with van der Waals surface area (Å²) in [6, 6.07) is 61.3. The van der Waals surface area contributed by atoms with Gasteiger partial charge in [0.2, 0.25) is 0 Å². The highest BCUT2D eigenvalue weighted by Gasteiger charge is 2.70. The molecule has 4 bridgehead atoms. The lowest BCUT2D eigenvalue weighted by atomic mass is 9.59. The predicted octanol–water partition coefficient (Wildman–Crippen LogP) is 10.2. The summed E-state index contributed by atoms with van der Waals surface area (Å²) in [5.41, 5.74) is 13.6. The van der Waals surface area contributed by atoms with Gasteiger partial charge >= 0.3 is 0 Å². The fraction of sp³-hybridized carbons (Fsp3) is 0.125. The van der Waals surface area contributed by atoms with Crippen LogP contribution in [0.2, 0.25) is 0 Å². The van der Waals surface area contributed by atoms with Crippen LogP contribution < -0.4 is 0 Å². The molecule has 2 heteroatoms. The monoisotopic (exact) mass is 642 g/mol. The van der Waals surface area contributed by atoms with Crippen LogP contribution in [-0.2, 0) is 31.9 Å². The molecule has 4 atom stereocenters. The summed E-state index contributed by atoms with van der Waals surface area (Å²) in [7, 11) is 0. The second-order valence-electron chi connectivity index (χ2n) is 14.2. The average molecular weight is 643 g/mol. The van der Waals surface area contributed by atoms with E-state index in [1.165, 1.54) is 55.6 Å². The lowest BCUT2D eigenvalue weighted by molar-refractivity contribution is -0.0302. The van der Waals surface area contributed by atoms with Crippen molar-refractivity contribution >= 4 is 0 Å². The third-order valence-corrected chi connectivity index (χ3v) is 12.1. The molecule has 4 heterocycles. The lowest BCUT2D eigenvalue weighted by Crippen LogP contribution is -2.35. The second kappa shape index (κ2) is 9.57. The van der Waals surface area contributed by atoms with Crippen molar-refractivity contribution in [3.63, 3.8) is 0 Å². The molecular formula is C48H34O2. The van der Waals surface area contributed by atoms with Crippen LogP contribution in [0.4, 0.5) is 0 Å². The summed E-state index contributed by atoms with van der Waals surface area (Å²) in [5.74, 6) is 0. The van der Waals surface area contributed by atoms with Gasteiger partial charge in [-0.3, -0.25) is 0 Å². The molecule has 4 aliphatic rings. The number of hydrogen-bond acceptors (Lipinski definition) is 2. The van der Waals surface area contributed by atoms with Crippen molar-refractivity contribution < 1.29 is 9.47 Å². The number of rotatable bonds is 4. The van der Waals surface area contributed by atoms with E-state index in [1.54, 1.807) is 0 Å². The number of hydrogen-bond donors (Lipinski definition) is 0. The Kier molecular flexibility index (Phi) is 5.42. The molecule has 4 aliphatic heterocycles. The maximum atomic E-state index is 7.91. The quantitative estimate of drug-likeness (QED) is 0.190. The van der Waals surface area contributed by atoms with Crippen molar-refractivity contribution in [1.82, 2.24) is 0 Å². The molecule has 0 spiro atoms. The van der Waals surface area contributed by atoms with Crippen molar-refractivity contribution in [3.8, 4) is 0 Å². The summed E-state index contributed by atoms with van der Waals surface area (Å²) in [4.78, 5) is 0. The minimum atomic E-state index is -0.813. The molecule has 238 valence electrons. The third kappa shape index (κ3) is 2.98. The summed E-state index contributed by atoms with van der Waals surface area (Å²) in [6.45, 7) is 4.67. The molecule has 0 fully saturated rings. The Hall–Kier alpha value is -5.54. The van der Waals surface area contributed by atoms with Crippen molar-refractivity contribution in [2.45, 2.75) is 36.3 Å². The Labute approximate surface area is 292 Å². The number of benzene rings is 7. The summed E-state index contributed by atoms with van der Waals surface area (Å²) < 4.78 is 15.8. The molecule has 2 nitrogen and oxygen atoms in total. The Balaban J connectivity index is 1.38. The van der Waals surface area contributed by atoms with E-state index in [1.807, 2.05) is 0 Å². The van der Waals surface area contributed by atoms with Gasteiger partial charge in [0.05, 0.1) is 0 Å². The standard InChI is InChI=1S/C48H34O2/c1-31-41-43(47(35-23-11-5-12-24-35)39-29-17-15-27-37(39)45(41,49-47)33-19-7-3-8-20-33)32(2)44-42(31)46(34-21-9-4-10-22-34)38-28-16-18-30-40(38)48(44,50-46)36-25-13-6-14-26-36/h3-30H,1-2H3/t45-,46-,47-,48-/m0/s1. The maximum Gasteiger partial charge on any atom is 0.146 e. The Morgan fingerprint density at radius 2 is 0.480 bits per heavy atom. The van der Waals surface area contributed by atoms with E-state index in [-0.39, 0.29) is 0 Å². The fourth-order valence-electron chi connectivity index (χ4n) is 10.5. The van der Waals surface area contributed by atoms with Crippen molar-refractivity contribution in [2.24, 2.45) is 0 Å². The zero-order valence-electron chi connectivity index (χ0n) is 28.0. The molecule has 11 rings (SSSR count). The molecular weight excluding hydrogens is 609 g/mol. The van der Waals surface area contributed by atoms with Crippen LogP contribution >= 0.6 is 0 Å². The van der Waals surface area contributed by atoms with E-state index in [0.29, 0.717) is 0 Å². The molecule has 0 radical (unpaired) electrons. The molecule has 0 saturated carbocycles. The van der Waals surface area contributed by atoms with Crippen LogP contribution in [0.3, 0.4) is 0 Å². The first-order chi connectivity index (χ1) is 24.6. The van der Waals surface area contributed by atoms with Gasteiger partial charge in [0, 0.05) is 22.3 Å². The van der Waals surface area contributed by atoms with Gasteiger partial charge < -0.3 is 9.47 Å². The van der Waals surface area contributed by atoms with Gasteiger partial charge in [0.1, 0.15) is 22.4 Å². The molecule has 0 amide bonds. The van der Waals surface area contributed by atoms with Gasteiger partial charge in [-0.15, -0.1) is 0 Å². The zero-order valence-corrected chi connectivity index (χ0v) is 28.0. The van der Waals surface area contributed by atoms with E-state index in [4.69, 9.17) is 9.47 Å². The summed E-state index contributed by atoms with van der Waals surface area (Å²) in [5, 5.41) is 0. The molecule has 0 aliphatic carbocycles. The molecule has 7 aromatic rings. The van der Waals surface area contributed by atoms with Crippen molar-refractivity contribution in [3.05, 3.63) is 248 Å². The van der Waals surface area contributed by atoms with Gasteiger partial charge in [-0.1, -0.05) is 170 Å². The second-order valence-corrected chi connectivity index (χ2v) is 14.2. The van der Waals surface area contributed by atoms with Crippen LogP contribution in [-0.4, -0.2) is 0 Å². The zero-order chi connectivity index (χ0) is 33.3. The first kappa shape index (κ1) is 28.3. The van der Waals surface area contributed by atoms with Gasteiger partial charge in [-0.2, -0.15) is 0 Å². The minimum Gasteiger partial charge on any atom is -0.340 e. The number of fused-ring (bicyclic) bond motifs is 16. The van der Waals surface area contributed by atoms with E-state index in [0.717, 1.165) is 22.3 Å². The van der Waals surface area contributed by atoms with Crippen molar-refractivity contribution in [1.29, 1.82) is 0 Å². The van der Waals surface area contributed by atoms with E-state index >= 15 is 0 Å². The average Bonchev–Trinajstić information content (AvgIpc) is 3.90. The van der Waals surface area contributed by atoms with Crippen molar-refractivity contribution in [2.75, 3.05) is 0 Å². The first-order valence-corrected chi connectivity index (χ1v) is 17.6. The normalized spacial score (nSPS) is 26.0. The molecule has 50 heavy (non-hydrogen) atoms.